The zero-order valence-electron chi connectivity index (χ0n) is 10.2. The van der Waals surface area contributed by atoms with Gasteiger partial charge in [-0.2, -0.15) is 0 Å². The highest BCUT2D eigenvalue weighted by molar-refractivity contribution is 5.17. The summed E-state index contributed by atoms with van der Waals surface area (Å²) in [6, 6.07) is 6.99. The van der Waals surface area contributed by atoms with Crippen LogP contribution in [0.25, 0.3) is 0 Å². The van der Waals surface area contributed by atoms with Gasteiger partial charge in [-0.3, -0.25) is 0 Å². The molecular formula is C14H22FN. The topological polar surface area (TPSA) is 26.0 Å². The van der Waals surface area contributed by atoms with Gasteiger partial charge in [0.25, 0.3) is 0 Å². The Bertz CT molecular complexity index is 311. The number of rotatable bonds is 6. The van der Waals surface area contributed by atoms with Crippen molar-refractivity contribution < 1.29 is 4.39 Å². The molecule has 0 bridgehead atoms. The van der Waals surface area contributed by atoms with Crippen LogP contribution in [-0.2, 0) is 6.42 Å². The highest BCUT2D eigenvalue weighted by Crippen LogP contribution is 2.20. The lowest BCUT2D eigenvalue weighted by Crippen LogP contribution is -2.19. The number of hydrogen-bond acceptors (Lipinski definition) is 1. The maximum absolute atomic E-state index is 13.5. The molecule has 1 nitrogen and oxygen atoms in total. The molecule has 0 radical (unpaired) electrons. The fourth-order valence-corrected chi connectivity index (χ4v) is 1.97. The summed E-state index contributed by atoms with van der Waals surface area (Å²) in [4.78, 5) is 0. The largest absolute Gasteiger partial charge is 0.330 e. The SMILES string of the molecule is CCC(C)CC(CN)Cc1ccccc1F. The summed E-state index contributed by atoms with van der Waals surface area (Å²) >= 11 is 0. The van der Waals surface area contributed by atoms with Gasteiger partial charge in [-0.25, -0.2) is 4.39 Å². The lowest BCUT2D eigenvalue weighted by Gasteiger charge is -2.18. The predicted molar refractivity (Wildman–Crippen MR) is 66.7 cm³/mol. The average Bonchev–Trinajstić information content (AvgIpc) is 2.30. The third-order valence-electron chi connectivity index (χ3n) is 3.23. The van der Waals surface area contributed by atoms with E-state index in [0.717, 1.165) is 24.8 Å². The van der Waals surface area contributed by atoms with E-state index in [-0.39, 0.29) is 5.82 Å². The maximum atomic E-state index is 13.5. The Morgan fingerprint density at radius 3 is 2.56 bits per heavy atom. The standard InChI is InChI=1S/C14H22FN/c1-3-11(2)8-12(10-16)9-13-6-4-5-7-14(13)15/h4-7,11-12H,3,8-10,16H2,1-2H3. The van der Waals surface area contributed by atoms with Crippen molar-refractivity contribution in [3.05, 3.63) is 35.6 Å². The van der Waals surface area contributed by atoms with Crippen molar-refractivity contribution in [2.75, 3.05) is 6.54 Å². The first-order chi connectivity index (χ1) is 7.67. The second-order valence-electron chi connectivity index (χ2n) is 4.65. The van der Waals surface area contributed by atoms with Gasteiger partial charge in [0.2, 0.25) is 0 Å². The smallest absolute Gasteiger partial charge is 0.126 e. The third kappa shape index (κ3) is 3.93. The van der Waals surface area contributed by atoms with Crippen molar-refractivity contribution in [3.8, 4) is 0 Å². The Kier molecular flexibility index (Phi) is 5.47. The Balaban J connectivity index is 2.60. The van der Waals surface area contributed by atoms with Gasteiger partial charge in [-0.15, -0.1) is 0 Å². The van der Waals surface area contributed by atoms with Crippen LogP contribution < -0.4 is 5.73 Å². The van der Waals surface area contributed by atoms with Gasteiger partial charge in [-0.1, -0.05) is 38.5 Å². The van der Waals surface area contributed by atoms with Gasteiger partial charge in [0.15, 0.2) is 0 Å². The summed E-state index contributed by atoms with van der Waals surface area (Å²) in [6.07, 6.45) is 3.00. The van der Waals surface area contributed by atoms with Crippen molar-refractivity contribution in [1.82, 2.24) is 0 Å². The fraction of sp³-hybridized carbons (Fsp3) is 0.571. The molecule has 2 N–H and O–H groups in total. The van der Waals surface area contributed by atoms with E-state index < -0.39 is 0 Å². The Morgan fingerprint density at radius 2 is 2.00 bits per heavy atom. The second kappa shape index (κ2) is 6.64. The van der Waals surface area contributed by atoms with Crippen molar-refractivity contribution >= 4 is 0 Å². The first-order valence-electron chi connectivity index (χ1n) is 6.10. The molecule has 2 heteroatoms. The Morgan fingerprint density at radius 1 is 1.31 bits per heavy atom. The molecule has 0 spiro atoms. The van der Waals surface area contributed by atoms with Crippen LogP contribution >= 0.6 is 0 Å². The van der Waals surface area contributed by atoms with E-state index in [1.807, 2.05) is 12.1 Å². The molecule has 0 aliphatic carbocycles. The van der Waals surface area contributed by atoms with Crippen LogP contribution in [0.15, 0.2) is 24.3 Å². The highest BCUT2D eigenvalue weighted by atomic mass is 19.1. The molecule has 1 aromatic carbocycles. The lowest BCUT2D eigenvalue weighted by atomic mass is 9.89. The molecular weight excluding hydrogens is 201 g/mol. The van der Waals surface area contributed by atoms with Gasteiger partial charge >= 0.3 is 0 Å². The quantitative estimate of drug-likeness (QED) is 0.786. The van der Waals surface area contributed by atoms with Crippen LogP contribution in [0.4, 0.5) is 4.39 Å². The molecule has 1 aromatic rings. The molecule has 0 fully saturated rings. The minimum atomic E-state index is -0.106. The van der Waals surface area contributed by atoms with Crippen LogP contribution in [0.5, 0.6) is 0 Å². The summed E-state index contributed by atoms with van der Waals surface area (Å²) in [7, 11) is 0. The molecule has 0 aliphatic rings. The normalized spacial score (nSPS) is 14.8. The number of nitrogens with two attached hydrogens (primary N) is 1. The molecule has 0 saturated carbocycles. The van der Waals surface area contributed by atoms with E-state index in [1.165, 1.54) is 6.07 Å². The Labute approximate surface area is 97.9 Å². The summed E-state index contributed by atoms with van der Waals surface area (Å²) in [5.41, 5.74) is 6.54. The summed E-state index contributed by atoms with van der Waals surface area (Å²) in [5.74, 6) is 0.956. The van der Waals surface area contributed by atoms with E-state index in [4.69, 9.17) is 5.73 Å². The first kappa shape index (κ1) is 13.2. The van der Waals surface area contributed by atoms with E-state index in [0.29, 0.717) is 18.4 Å². The van der Waals surface area contributed by atoms with Crippen molar-refractivity contribution in [2.24, 2.45) is 17.6 Å². The van der Waals surface area contributed by atoms with Gasteiger partial charge in [0.05, 0.1) is 0 Å². The van der Waals surface area contributed by atoms with Gasteiger partial charge in [0, 0.05) is 0 Å². The molecule has 0 amide bonds. The molecule has 0 heterocycles. The number of halogens is 1. The third-order valence-corrected chi connectivity index (χ3v) is 3.23. The van der Waals surface area contributed by atoms with Crippen LogP contribution in [0.1, 0.15) is 32.3 Å². The minimum absolute atomic E-state index is 0.106. The first-order valence-corrected chi connectivity index (χ1v) is 6.10. The molecule has 90 valence electrons. The molecule has 1 rings (SSSR count). The van der Waals surface area contributed by atoms with Crippen molar-refractivity contribution in [2.45, 2.75) is 33.1 Å². The second-order valence-corrected chi connectivity index (χ2v) is 4.65. The van der Waals surface area contributed by atoms with Gasteiger partial charge in [-0.05, 0) is 42.9 Å². The zero-order chi connectivity index (χ0) is 12.0. The maximum Gasteiger partial charge on any atom is 0.126 e. The van der Waals surface area contributed by atoms with Crippen molar-refractivity contribution in [3.63, 3.8) is 0 Å². The average molecular weight is 223 g/mol. The molecule has 0 aromatic heterocycles. The monoisotopic (exact) mass is 223 g/mol. The number of benzene rings is 1. The minimum Gasteiger partial charge on any atom is -0.330 e. The van der Waals surface area contributed by atoms with Crippen LogP contribution in [0, 0.1) is 17.7 Å². The summed E-state index contributed by atoms with van der Waals surface area (Å²) < 4.78 is 13.5. The Hall–Kier alpha value is -0.890. The van der Waals surface area contributed by atoms with Gasteiger partial charge < -0.3 is 5.73 Å². The van der Waals surface area contributed by atoms with Crippen LogP contribution in [0.2, 0.25) is 0 Å². The summed E-state index contributed by atoms with van der Waals surface area (Å²) in [6.45, 7) is 5.05. The van der Waals surface area contributed by atoms with Gasteiger partial charge in [0.1, 0.15) is 5.82 Å². The van der Waals surface area contributed by atoms with E-state index in [2.05, 4.69) is 13.8 Å². The number of hydrogen-bond donors (Lipinski definition) is 1. The molecule has 2 atom stereocenters. The van der Waals surface area contributed by atoms with Crippen LogP contribution in [0.3, 0.4) is 0 Å². The molecule has 16 heavy (non-hydrogen) atoms. The molecule has 0 aliphatic heterocycles. The zero-order valence-corrected chi connectivity index (χ0v) is 10.2. The van der Waals surface area contributed by atoms with Crippen LogP contribution in [-0.4, -0.2) is 6.54 Å². The van der Waals surface area contributed by atoms with E-state index in [1.54, 1.807) is 6.07 Å². The molecule has 0 saturated heterocycles. The molecule has 2 unspecified atom stereocenters. The predicted octanol–water partition coefficient (Wildman–Crippen LogP) is 3.38. The summed E-state index contributed by atoms with van der Waals surface area (Å²) in [5, 5.41) is 0. The highest BCUT2D eigenvalue weighted by Gasteiger charge is 2.13. The lowest BCUT2D eigenvalue weighted by molar-refractivity contribution is 0.382. The fourth-order valence-electron chi connectivity index (χ4n) is 1.97. The van der Waals surface area contributed by atoms with E-state index in [9.17, 15) is 4.39 Å². The van der Waals surface area contributed by atoms with Crippen molar-refractivity contribution in [1.29, 1.82) is 0 Å². The van der Waals surface area contributed by atoms with E-state index >= 15 is 0 Å².